The zero-order chi connectivity index (χ0) is 11.4. The third-order valence-corrected chi connectivity index (χ3v) is 2.77. The van der Waals surface area contributed by atoms with E-state index in [4.69, 9.17) is 4.74 Å². The summed E-state index contributed by atoms with van der Waals surface area (Å²) in [6.45, 7) is 0.0716. The van der Waals surface area contributed by atoms with Gasteiger partial charge in [0.1, 0.15) is 0 Å². The van der Waals surface area contributed by atoms with Crippen molar-refractivity contribution in [1.29, 1.82) is 0 Å². The molecule has 1 heterocycles. The van der Waals surface area contributed by atoms with Crippen LogP contribution in [0.5, 0.6) is 5.75 Å². The van der Waals surface area contributed by atoms with Gasteiger partial charge in [-0.1, -0.05) is 12.8 Å². The quantitative estimate of drug-likeness (QED) is 0.823. The van der Waals surface area contributed by atoms with E-state index in [-0.39, 0.29) is 12.5 Å². The van der Waals surface area contributed by atoms with Crippen LogP contribution in [0.4, 0.5) is 0 Å². The van der Waals surface area contributed by atoms with Crippen molar-refractivity contribution in [3.05, 3.63) is 12.4 Å². The van der Waals surface area contributed by atoms with E-state index < -0.39 is 0 Å². The first-order valence-corrected chi connectivity index (χ1v) is 5.65. The number of aromatic nitrogens is 2. The van der Waals surface area contributed by atoms with Gasteiger partial charge in [0.05, 0.1) is 12.4 Å². The molecule has 0 spiro atoms. The van der Waals surface area contributed by atoms with Crippen LogP contribution in [0.25, 0.3) is 0 Å². The lowest BCUT2D eigenvalue weighted by atomic mass is 10.2. The van der Waals surface area contributed by atoms with Gasteiger partial charge in [-0.2, -0.15) is 5.10 Å². The fraction of sp³-hybridized carbons (Fsp3) is 0.636. The van der Waals surface area contributed by atoms with E-state index in [2.05, 4.69) is 10.4 Å². The molecular weight excluding hydrogens is 206 g/mol. The number of hydrogen-bond donors (Lipinski definition) is 1. The lowest BCUT2D eigenvalue weighted by molar-refractivity contribution is -0.123. The molecule has 0 saturated heterocycles. The van der Waals surface area contributed by atoms with Crippen molar-refractivity contribution in [3.63, 3.8) is 0 Å². The lowest BCUT2D eigenvalue weighted by Gasteiger charge is -2.11. The van der Waals surface area contributed by atoms with E-state index in [1.54, 1.807) is 17.1 Å². The molecule has 1 aromatic heterocycles. The highest BCUT2D eigenvalue weighted by molar-refractivity contribution is 5.77. The number of ether oxygens (including phenoxy) is 1. The molecule has 0 aromatic carbocycles. The standard InChI is InChI=1S/C11H17N3O2/c1-14-7-10(6-12-14)16-8-11(15)13-9-4-2-3-5-9/h6-7,9H,2-5,8H2,1H3,(H,13,15). The van der Waals surface area contributed by atoms with Crippen LogP contribution in [0.1, 0.15) is 25.7 Å². The van der Waals surface area contributed by atoms with Gasteiger partial charge in [-0.3, -0.25) is 9.48 Å². The minimum absolute atomic E-state index is 0.0456. The van der Waals surface area contributed by atoms with E-state index >= 15 is 0 Å². The Labute approximate surface area is 94.8 Å². The maximum Gasteiger partial charge on any atom is 0.258 e. The van der Waals surface area contributed by atoms with Crippen molar-refractivity contribution < 1.29 is 9.53 Å². The Morgan fingerprint density at radius 2 is 2.38 bits per heavy atom. The Morgan fingerprint density at radius 1 is 1.62 bits per heavy atom. The zero-order valence-corrected chi connectivity index (χ0v) is 9.48. The van der Waals surface area contributed by atoms with Crippen LogP contribution in [-0.2, 0) is 11.8 Å². The molecule has 1 N–H and O–H groups in total. The van der Waals surface area contributed by atoms with Gasteiger partial charge in [0.25, 0.3) is 5.91 Å². The molecule has 0 unspecified atom stereocenters. The van der Waals surface area contributed by atoms with Crippen molar-refractivity contribution in [1.82, 2.24) is 15.1 Å². The summed E-state index contributed by atoms with van der Waals surface area (Å²) in [6.07, 6.45) is 7.96. The predicted octanol–water partition coefficient (Wildman–Crippen LogP) is 0.858. The summed E-state index contributed by atoms with van der Waals surface area (Å²) in [5.74, 6) is 0.583. The van der Waals surface area contributed by atoms with E-state index in [0.717, 1.165) is 12.8 Å². The number of rotatable bonds is 4. The first kappa shape index (κ1) is 11.0. The lowest BCUT2D eigenvalue weighted by Crippen LogP contribution is -2.36. The summed E-state index contributed by atoms with van der Waals surface area (Å²) in [5.41, 5.74) is 0. The molecule has 0 bridgehead atoms. The Bertz CT molecular complexity index is 356. The minimum atomic E-state index is -0.0456. The molecule has 1 saturated carbocycles. The Hall–Kier alpha value is -1.52. The molecule has 0 aliphatic heterocycles. The molecule has 1 aromatic rings. The largest absolute Gasteiger partial charge is 0.480 e. The summed E-state index contributed by atoms with van der Waals surface area (Å²) in [6, 6.07) is 0.352. The van der Waals surface area contributed by atoms with Gasteiger partial charge in [0, 0.05) is 13.1 Å². The van der Waals surface area contributed by atoms with Crippen LogP contribution in [0, 0.1) is 0 Å². The fourth-order valence-corrected chi connectivity index (χ4v) is 1.96. The smallest absolute Gasteiger partial charge is 0.258 e. The van der Waals surface area contributed by atoms with E-state index in [0.29, 0.717) is 11.8 Å². The molecule has 0 radical (unpaired) electrons. The van der Waals surface area contributed by atoms with Gasteiger partial charge in [0.2, 0.25) is 0 Å². The third kappa shape index (κ3) is 2.98. The maximum absolute atomic E-state index is 11.5. The highest BCUT2D eigenvalue weighted by atomic mass is 16.5. The number of carbonyl (C=O) groups excluding carboxylic acids is 1. The van der Waals surface area contributed by atoms with Crippen LogP contribution in [0.3, 0.4) is 0 Å². The first-order chi connectivity index (χ1) is 7.74. The van der Waals surface area contributed by atoms with Crippen molar-refractivity contribution in [2.75, 3.05) is 6.61 Å². The average Bonchev–Trinajstić information content (AvgIpc) is 2.87. The molecular formula is C11H17N3O2. The first-order valence-electron chi connectivity index (χ1n) is 5.65. The van der Waals surface area contributed by atoms with E-state index in [1.165, 1.54) is 12.8 Å². The normalized spacial score (nSPS) is 16.3. The number of amides is 1. The average molecular weight is 223 g/mol. The zero-order valence-electron chi connectivity index (χ0n) is 9.48. The third-order valence-electron chi connectivity index (χ3n) is 2.77. The Kier molecular flexibility index (Phi) is 3.44. The van der Waals surface area contributed by atoms with Crippen LogP contribution in [0.2, 0.25) is 0 Å². The summed E-state index contributed by atoms with van der Waals surface area (Å²) in [5, 5.41) is 6.92. The van der Waals surface area contributed by atoms with Gasteiger partial charge >= 0.3 is 0 Å². The molecule has 0 atom stereocenters. The second kappa shape index (κ2) is 5.01. The van der Waals surface area contributed by atoms with Crippen LogP contribution in [0.15, 0.2) is 12.4 Å². The molecule has 1 aliphatic carbocycles. The second-order valence-electron chi connectivity index (χ2n) is 4.19. The fourth-order valence-electron chi connectivity index (χ4n) is 1.96. The number of nitrogens with zero attached hydrogens (tertiary/aromatic N) is 2. The van der Waals surface area contributed by atoms with Crippen LogP contribution in [-0.4, -0.2) is 28.3 Å². The van der Waals surface area contributed by atoms with Crippen LogP contribution >= 0.6 is 0 Å². The summed E-state index contributed by atoms with van der Waals surface area (Å²) < 4.78 is 6.95. The minimum Gasteiger partial charge on any atom is -0.480 e. The monoisotopic (exact) mass is 223 g/mol. The van der Waals surface area contributed by atoms with Crippen molar-refractivity contribution >= 4 is 5.91 Å². The van der Waals surface area contributed by atoms with Crippen molar-refractivity contribution in [2.24, 2.45) is 7.05 Å². The Morgan fingerprint density at radius 3 is 3.00 bits per heavy atom. The Balaban J connectivity index is 1.71. The number of hydrogen-bond acceptors (Lipinski definition) is 3. The van der Waals surface area contributed by atoms with Gasteiger partial charge in [-0.25, -0.2) is 0 Å². The van der Waals surface area contributed by atoms with Crippen molar-refractivity contribution in [2.45, 2.75) is 31.7 Å². The number of aryl methyl sites for hydroxylation is 1. The molecule has 1 fully saturated rings. The number of carbonyl (C=O) groups is 1. The van der Waals surface area contributed by atoms with Gasteiger partial charge in [-0.05, 0) is 12.8 Å². The van der Waals surface area contributed by atoms with Gasteiger partial charge in [-0.15, -0.1) is 0 Å². The van der Waals surface area contributed by atoms with E-state index in [9.17, 15) is 4.79 Å². The topological polar surface area (TPSA) is 56.1 Å². The predicted molar refractivity (Wildman–Crippen MR) is 59.1 cm³/mol. The van der Waals surface area contributed by atoms with Crippen molar-refractivity contribution in [3.8, 4) is 5.75 Å². The molecule has 1 amide bonds. The highest BCUT2D eigenvalue weighted by Crippen LogP contribution is 2.17. The van der Waals surface area contributed by atoms with Gasteiger partial charge < -0.3 is 10.1 Å². The number of nitrogens with one attached hydrogen (secondary N) is 1. The molecule has 5 heteroatoms. The molecule has 1 aliphatic rings. The molecule has 2 rings (SSSR count). The van der Waals surface area contributed by atoms with Gasteiger partial charge in [0.15, 0.2) is 12.4 Å². The SMILES string of the molecule is Cn1cc(OCC(=O)NC2CCCC2)cn1. The molecule has 88 valence electrons. The maximum atomic E-state index is 11.5. The summed E-state index contributed by atoms with van der Waals surface area (Å²) >= 11 is 0. The summed E-state index contributed by atoms with van der Waals surface area (Å²) in [4.78, 5) is 11.5. The van der Waals surface area contributed by atoms with E-state index in [1.807, 2.05) is 7.05 Å². The molecule has 16 heavy (non-hydrogen) atoms. The summed E-state index contributed by atoms with van der Waals surface area (Å²) in [7, 11) is 1.81. The molecule has 5 nitrogen and oxygen atoms in total. The highest BCUT2D eigenvalue weighted by Gasteiger charge is 2.17. The second-order valence-corrected chi connectivity index (χ2v) is 4.19. The van der Waals surface area contributed by atoms with Crippen LogP contribution < -0.4 is 10.1 Å².